The molecule has 2 rings (SSSR count). The van der Waals surface area contributed by atoms with Crippen LogP contribution in [0.5, 0.6) is 0 Å². The smallest absolute Gasteiger partial charge is 0.307 e. The van der Waals surface area contributed by atoms with E-state index in [0.717, 1.165) is 19.3 Å². The molecule has 1 saturated heterocycles. The number of hydrogen-bond acceptors (Lipinski definition) is 5. The Morgan fingerprint density at radius 1 is 1.40 bits per heavy atom. The molecule has 1 aromatic rings. The Morgan fingerprint density at radius 2 is 2.20 bits per heavy atom. The third-order valence-corrected chi connectivity index (χ3v) is 3.57. The predicted octanol–water partition coefficient (Wildman–Crippen LogP) is 1.69. The summed E-state index contributed by atoms with van der Waals surface area (Å²) in [6.07, 6.45) is 2.92. The molecule has 0 spiro atoms. The highest BCUT2D eigenvalue weighted by atomic mass is 35.5. The van der Waals surface area contributed by atoms with Crippen molar-refractivity contribution in [1.82, 2.24) is 15.1 Å². The predicted molar refractivity (Wildman–Crippen MR) is 72.4 cm³/mol. The Morgan fingerprint density at radius 3 is 2.85 bits per heavy atom. The van der Waals surface area contributed by atoms with Gasteiger partial charge in [0.2, 0.25) is 0 Å². The van der Waals surface area contributed by atoms with Gasteiger partial charge in [0.05, 0.1) is 13.5 Å². The number of methoxy groups -OCH3 is 1. The van der Waals surface area contributed by atoms with E-state index in [0.29, 0.717) is 6.54 Å². The molecule has 1 atom stereocenters. The monoisotopic (exact) mass is 297 g/mol. The molecular weight excluding hydrogens is 282 g/mol. The van der Waals surface area contributed by atoms with Gasteiger partial charge in [0.15, 0.2) is 10.8 Å². The Kier molecular flexibility index (Phi) is 4.89. The van der Waals surface area contributed by atoms with E-state index in [2.05, 4.69) is 14.9 Å². The zero-order chi connectivity index (χ0) is 14.5. The Bertz CT molecular complexity index is 492. The summed E-state index contributed by atoms with van der Waals surface area (Å²) in [4.78, 5) is 25.5. The Balaban J connectivity index is 2.12. The minimum atomic E-state index is -0.308. The van der Waals surface area contributed by atoms with Crippen molar-refractivity contribution in [3.63, 3.8) is 0 Å². The van der Waals surface area contributed by atoms with Crippen LogP contribution in [0.3, 0.4) is 0 Å². The van der Waals surface area contributed by atoms with Crippen LogP contribution in [0.1, 0.15) is 36.2 Å². The second-order valence-corrected chi connectivity index (χ2v) is 5.06. The van der Waals surface area contributed by atoms with Gasteiger partial charge in [-0.05, 0) is 31.4 Å². The normalized spacial score (nSPS) is 18.7. The Hall–Kier alpha value is -1.69. The van der Waals surface area contributed by atoms with Crippen LogP contribution in [0, 0.1) is 0 Å². The van der Waals surface area contributed by atoms with Crippen molar-refractivity contribution in [3.05, 3.63) is 23.0 Å². The van der Waals surface area contributed by atoms with Crippen molar-refractivity contribution in [2.45, 2.75) is 31.7 Å². The number of carbonyl (C=O) groups is 2. The molecule has 2 heterocycles. The third-order valence-electron chi connectivity index (χ3n) is 3.37. The first-order valence-electron chi connectivity index (χ1n) is 6.49. The molecule has 0 N–H and O–H groups in total. The second kappa shape index (κ2) is 6.65. The lowest BCUT2D eigenvalue weighted by Gasteiger charge is -2.34. The number of likely N-dealkylation sites (tertiary alicyclic amines) is 1. The molecule has 0 bridgehead atoms. The minimum absolute atomic E-state index is 0.138. The molecule has 1 aliphatic heterocycles. The van der Waals surface area contributed by atoms with E-state index >= 15 is 0 Å². The summed E-state index contributed by atoms with van der Waals surface area (Å²) >= 11 is 5.66. The lowest BCUT2D eigenvalue weighted by molar-refractivity contribution is -0.142. The maximum Gasteiger partial charge on any atom is 0.307 e. The number of rotatable bonds is 3. The van der Waals surface area contributed by atoms with Gasteiger partial charge in [0.1, 0.15) is 0 Å². The van der Waals surface area contributed by atoms with Crippen LogP contribution in [0.2, 0.25) is 5.15 Å². The topological polar surface area (TPSA) is 72.4 Å². The van der Waals surface area contributed by atoms with Crippen molar-refractivity contribution in [2.24, 2.45) is 0 Å². The van der Waals surface area contributed by atoms with Gasteiger partial charge in [-0.1, -0.05) is 11.6 Å². The quantitative estimate of drug-likeness (QED) is 0.794. The fourth-order valence-electron chi connectivity index (χ4n) is 2.33. The van der Waals surface area contributed by atoms with Crippen LogP contribution in [-0.2, 0) is 9.53 Å². The summed E-state index contributed by atoms with van der Waals surface area (Å²) in [5.41, 5.74) is 0.242. The van der Waals surface area contributed by atoms with E-state index < -0.39 is 0 Å². The van der Waals surface area contributed by atoms with Gasteiger partial charge in [-0.15, -0.1) is 10.2 Å². The van der Waals surface area contributed by atoms with Gasteiger partial charge in [-0.3, -0.25) is 9.59 Å². The third kappa shape index (κ3) is 3.45. The summed E-state index contributed by atoms with van der Waals surface area (Å²) < 4.78 is 4.68. The fourth-order valence-corrected chi connectivity index (χ4v) is 2.43. The highest BCUT2D eigenvalue weighted by Gasteiger charge is 2.30. The van der Waals surface area contributed by atoms with Gasteiger partial charge in [-0.2, -0.15) is 0 Å². The first kappa shape index (κ1) is 14.7. The standard InChI is InChI=1S/C13H16ClN3O3/c1-20-12(18)8-9-4-2-3-7-17(9)13(19)10-5-6-11(14)16-15-10/h5-6,9H,2-4,7-8H2,1H3. The van der Waals surface area contributed by atoms with E-state index in [1.807, 2.05) is 0 Å². The van der Waals surface area contributed by atoms with Crippen LogP contribution in [0.4, 0.5) is 0 Å². The van der Waals surface area contributed by atoms with Crippen LogP contribution in [-0.4, -0.2) is 46.7 Å². The second-order valence-electron chi connectivity index (χ2n) is 4.67. The van der Waals surface area contributed by atoms with E-state index in [-0.39, 0.29) is 35.2 Å². The van der Waals surface area contributed by atoms with Gasteiger partial charge in [0.25, 0.3) is 5.91 Å². The van der Waals surface area contributed by atoms with E-state index in [1.54, 1.807) is 11.0 Å². The molecule has 20 heavy (non-hydrogen) atoms. The van der Waals surface area contributed by atoms with Gasteiger partial charge in [0, 0.05) is 12.6 Å². The number of amides is 1. The van der Waals surface area contributed by atoms with Gasteiger partial charge < -0.3 is 9.64 Å². The molecule has 1 aliphatic rings. The SMILES string of the molecule is COC(=O)CC1CCCCN1C(=O)c1ccc(Cl)nn1. The molecule has 0 aromatic carbocycles. The van der Waals surface area contributed by atoms with Crippen molar-refractivity contribution in [3.8, 4) is 0 Å². The van der Waals surface area contributed by atoms with Crippen LogP contribution < -0.4 is 0 Å². The maximum absolute atomic E-state index is 12.4. The zero-order valence-corrected chi connectivity index (χ0v) is 12.0. The van der Waals surface area contributed by atoms with Crippen molar-refractivity contribution in [1.29, 1.82) is 0 Å². The minimum Gasteiger partial charge on any atom is -0.469 e. The number of carbonyl (C=O) groups excluding carboxylic acids is 2. The van der Waals surface area contributed by atoms with Gasteiger partial charge >= 0.3 is 5.97 Å². The maximum atomic E-state index is 12.4. The average Bonchev–Trinajstić information content (AvgIpc) is 2.48. The van der Waals surface area contributed by atoms with E-state index in [1.165, 1.54) is 13.2 Å². The number of piperidine rings is 1. The first-order chi connectivity index (χ1) is 9.61. The molecule has 6 nitrogen and oxygen atoms in total. The van der Waals surface area contributed by atoms with Crippen molar-refractivity contribution < 1.29 is 14.3 Å². The number of hydrogen-bond donors (Lipinski definition) is 0. The van der Waals surface area contributed by atoms with E-state index in [4.69, 9.17) is 11.6 Å². The lowest BCUT2D eigenvalue weighted by Crippen LogP contribution is -2.45. The van der Waals surface area contributed by atoms with Crippen LogP contribution in [0.25, 0.3) is 0 Å². The molecule has 7 heteroatoms. The summed E-state index contributed by atoms with van der Waals surface area (Å²) in [5.74, 6) is -0.528. The van der Waals surface area contributed by atoms with Crippen molar-refractivity contribution >= 4 is 23.5 Å². The molecule has 1 fully saturated rings. The molecular formula is C13H16ClN3O3. The number of esters is 1. The number of ether oxygens (including phenoxy) is 1. The lowest BCUT2D eigenvalue weighted by atomic mass is 9.99. The average molecular weight is 298 g/mol. The molecule has 108 valence electrons. The largest absolute Gasteiger partial charge is 0.469 e. The van der Waals surface area contributed by atoms with Crippen LogP contribution >= 0.6 is 11.6 Å². The van der Waals surface area contributed by atoms with Crippen molar-refractivity contribution in [2.75, 3.05) is 13.7 Å². The zero-order valence-electron chi connectivity index (χ0n) is 11.2. The summed E-state index contributed by atoms with van der Waals surface area (Å²) in [6, 6.07) is 2.93. The Labute approximate surface area is 122 Å². The molecule has 1 amide bonds. The van der Waals surface area contributed by atoms with E-state index in [9.17, 15) is 9.59 Å². The molecule has 0 radical (unpaired) electrons. The fraction of sp³-hybridized carbons (Fsp3) is 0.538. The van der Waals surface area contributed by atoms with Gasteiger partial charge in [-0.25, -0.2) is 0 Å². The highest BCUT2D eigenvalue weighted by Crippen LogP contribution is 2.22. The number of halogens is 1. The molecule has 1 unspecified atom stereocenters. The van der Waals surface area contributed by atoms with Crippen LogP contribution in [0.15, 0.2) is 12.1 Å². The molecule has 1 aromatic heterocycles. The number of aromatic nitrogens is 2. The number of nitrogens with zero attached hydrogens (tertiary/aromatic N) is 3. The molecule has 0 saturated carbocycles. The summed E-state index contributed by atoms with van der Waals surface area (Å²) in [5, 5.41) is 7.71. The molecule has 0 aliphatic carbocycles. The summed E-state index contributed by atoms with van der Waals surface area (Å²) in [6.45, 7) is 0.616. The summed E-state index contributed by atoms with van der Waals surface area (Å²) in [7, 11) is 1.35. The first-order valence-corrected chi connectivity index (χ1v) is 6.86. The highest BCUT2D eigenvalue weighted by molar-refractivity contribution is 6.29.